The van der Waals surface area contributed by atoms with Gasteiger partial charge in [-0.1, -0.05) is 23.2 Å². The van der Waals surface area contributed by atoms with E-state index in [4.69, 9.17) is 23.2 Å². The van der Waals surface area contributed by atoms with Crippen molar-refractivity contribution in [3.8, 4) is 11.1 Å². The Bertz CT molecular complexity index is 1280. The maximum absolute atomic E-state index is 13.0. The molecule has 1 saturated heterocycles. The van der Waals surface area contributed by atoms with Gasteiger partial charge in [0.05, 0.1) is 22.0 Å². The summed E-state index contributed by atoms with van der Waals surface area (Å²) in [7, 11) is -3.36. The summed E-state index contributed by atoms with van der Waals surface area (Å²) in [4.78, 5) is 17.2. The lowest BCUT2D eigenvalue weighted by Crippen LogP contribution is -2.25. The first-order valence-electron chi connectivity index (χ1n) is 9.58. The number of sulfonamides is 1. The fourth-order valence-corrected chi connectivity index (χ4v) is 5.52. The number of hydrogen-bond acceptors (Lipinski definition) is 4. The summed E-state index contributed by atoms with van der Waals surface area (Å²) in [6.07, 6.45) is 2.26. The molecule has 2 heterocycles. The summed E-state index contributed by atoms with van der Waals surface area (Å²) in [6, 6.07) is 13.7. The molecule has 1 fully saturated rings. The maximum atomic E-state index is 13.0. The van der Waals surface area contributed by atoms with E-state index in [0.29, 0.717) is 29.4 Å². The quantitative estimate of drug-likeness (QED) is 0.565. The van der Waals surface area contributed by atoms with Gasteiger partial charge in [0.1, 0.15) is 0 Å². The molecule has 160 valence electrons. The minimum absolute atomic E-state index is 0.0942. The Morgan fingerprint density at radius 1 is 1.06 bits per heavy atom. The second kappa shape index (κ2) is 8.49. The molecule has 0 aliphatic carbocycles. The highest BCUT2D eigenvalue weighted by molar-refractivity contribution is 7.93. The molecule has 0 unspecified atom stereocenters. The number of nitrogens with zero attached hydrogens (tertiary/aromatic N) is 2. The number of aromatic nitrogens is 1. The Kier molecular flexibility index (Phi) is 5.92. The predicted molar refractivity (Wildman–Crippen MR) is 125 cm³/mol. The number of carbonyl (C=O) groups is 1. The maximum Gasteiger partial charge on any atom is 0.257 e. The average Bonchev–Trinajstić information content (AvgIpc) is 3.07. The van der Waals surface area contributed by atoms with Crippen molar-refractivity contribution >= 4 is 50.5 Å². The van der Waals surface area contributed by atoms with Gasteiger partial charge in [0.15, 0.2) is 0 Å². The molecule has 1 amide bonds. The molecule has 0 atom stereocenters. The molecule has 0 radical (unpaired) electrons. The summed E-state index contributed by atoms with van der Waals surface area (Å²) in [5, 5.41) is 3.50. The van der Waals surface area contributed by atoms with Crippen LogP contribution in [0.25, 0.3) is 11.1 Å². The second-order valence-corrected chi connectivity index (χ2v) is 10.1. The highest BCUT2D eigenvalue weighted by atomic mass is 35.5. The van der Waals surface area contributed by atoms with E-state index in [-0.39, 0.29) is 16.3 Å². The number of amides is 1. The van der Waals surface area contributed by atoms with Gasteiger partial charge in [-0.3, -0.25) is 14.1 Å². The number of hydrogen-bond donors (Lipinski definition) is 1. The number of aryl methyl sites for hydroxylation is 1. The number of rotatable bonds is 4. The second-order valence-electron chi connectivity index (χ2n) is 7.27. The van der Waals surface area contributed by atoms with E-state index in [1.807, 2.05) is 19.1 Å². The van der Waals surface area contributed by atoms with Gasteiger partial charge in [-0.2, -0.15) is 0 Å². The van der Waals surface area contributed by atoms with Crippen LogP contribution >= 0.6 is 23.2 Å². The van der Waals surface area contributed by atoms with Gasteiger partial charge < -0.3 is 5.32 Å². The summed E-state index contributed by atoms with van der Waals surface area (Å²) in [5.41, 5.74) is 3.72. The monoisotopic (exact) mass is 475 g/mol. The number of anilines is 2. The zero-order valence-electron chi connectivity index (χ0n) is 16.6. The van der Waals surface area contributed by atoms with Crippen molar-refractivity contribution < 1.29 is 13.2 Å². The number of carbonyl (C=O) groups excluding carboxylic acids is 1. The van der Waals surface area contributed by atoms with Crippen molar-refractivity contribution in [2.45, 2.75) is 13.3 Å². The molecule has 6 nitrogen and oxygen atoms in total. The highest BCUT2D eigenvalue weighted by Crippen LogP contribution is 2.31. The lowest BCUT2D eigenvalue weighted by atomic mass is 10.1. The van der Waals surface area contributed by atoms with Crippen LogP contribution in [0.4, 0.5) is 11.4 Å². The Morgan fingerprint density at radius 2 is 1.87 bits per heavy atom. The number of halogens is 2. The lowest BCUT2D eigenvalue weighted by Gasteiger charge is -2.18. The zero-order chi connectivity index (χ0) is 22.2. The molecule has 0 spiro atoms. The van der Waals surface area contributed by atoms with Gasteiger partial charge >= 0.3 is 0 Å². The van der Waals surface area contributed by atoms with Crippen LogP contribution in [0, 0.1) is 6.92 Å². The topological polar surface area (TPSA) is 79.4 Å². The minimum atomic E-state index is -3.36. The fraction of sp³-hybridized carbons (Fsp3) is 0.182. The first-order valence-corrected chi connectivity index (χ1v) is 11.9. The number of pyridine rings is 1. The van der Waals surface area contributed by atoms with Crippen molar-refractivity contribution in [2.75, 3.05) is 21.9 Å². The molecule has 31 heavy (non-hydrogen) atoms. The zero-order valence-corrected chi connectivity index (χ0v) is 18.9. The summed E-state index contributed by atoms with van der Waals surface area (Å²) >= 11 is 12.5. The van der Waals surface area contributed by atoms with Gasteiger partial charge in [0.25, 0.3) is 5.91 Å². The largest absolute Gasteiger partial charge is 0.322 e. The summed E-state index contributed by atoms with van der Waals surface area (Å²) < 4.78 is 25.8. The van der Waals surface area contributed by atoms with E-state index in [0.717, 1.165) is 16.8 Å². The third-order valence-corrected chi connectivity index (χ3v) is 7.38. The van der Waals surface area contributed by atoms with Crippen LogP contribution < -0.4 is 9.62 Å². The standard InChI is InChI=1S/C22H19Cl2N3O3S/c1-14-9-15(5-6-25-14)16-10-17(23)12-18(11-16)26-22(28)20-13-19(3-4-21(20)24)27-7-2-8-31(27,29)30/h3-6,9-13H,2,7-8H2,1H3,(H,26,28). The molecule has 9 heteroatoms. The smallest absolute Gasteiger partial charge is 0.257 e. The van der Waals surface area contributed by atoms with Crippen LogP contribution in [-0.2, 0) is 10.0 Å². The third kappa shape index (κ3) is 4.69. The molecule has 3 aromatic rings. The average molecular weight is 476 g/mol. The number of benzene rings is 2. The Labute approximate surface area is 190 Å². The molecule has 1 aliphatic heterocycles. The van der Waals surface area contributed by atoms with Crippen molar-refractivity contribution in [3.05, 3.63) is 76.0 Å². The van der Waals surface area contributed by atoms with Gasteiger partial charge in [0, 0.05) is 29.1 Å². The Balaban J connectivity index is 1.64. The molecule has 0 saturated carbocycles. The number of nitrogens with one attached hydrogen (secondary N) is 1. The van der Waals surface area contributed by atoms with Crippen LogP contribution in [0.15, 0.2) is 54.7 Å². The van der Waals surface area contributed by atoms with Crippen molar-refractivity contribution in [1.29, 1.82) is 0 Å². The van der Waals surface area contributed by atoms with E-state index in [9.17, 15) is 13.2 Å². The first kappa shape index (κ1) is 21.6. The Hall–Kier alpha value is -2.61. The normalized spacial score (nSPS) is 15.1. The predicted octanol–water partition coefficient (Wildman–Crippen LogP) is 5.16. The fourth-order valence-electron chi connectivity index (χ4n) is 3.52. The molecule has 0 bridgehead atoms. The molecular weight excluding hydrogens is 457 g/mol. The van der Waals surface area contributed by atoms with Crippen molar-refractivity contribution in [3.63, 3.8) is 0 Å². The molecule has 1 aromatic heterocycles. The molecular formula is C22H19Cl2N3O3S. The third-order valence-electron chi connectivity index (χ3n) is 4.97. The summed E-state index contributed by atoms with van der Waals surface area (Å²) in [5.74, 6) is -0.362. The van der Waals surface area contributed by atoms with Crippen LogP contribution in [0.2, 0.25) is 10.0 Å². The van der Waals surface area contributed by atoms with Gasteiger partial charge in [-0.05, 0) is 73.0 Å². The molecule has 1 aliphatic rings. The van der Waals surface area contributed by atoms with Crippen LogP contribution in [0.5, 0.6) is 0 Å². The van der Waals surface area contributed by atoms with Crippen LogP contribution in [-0.4, -0.2) is 31.6 Å². The highest BCUT2D eigenvalue weighted by Gasteiger charge is 2.29. The van der Waals surface area contributed by atoms with Gasteiger partial charge in [-0.15, -0.1) is 0 Å². The SMILES string of the molecule is Cc1cc(-c2cc(Cl)cc(NC(=O)c3cc(N4CCCS4(=O)=O)ccc3Cl)c2)ccn1. The Morgan fingerprint density at radius 3 is 2.58 bits per heavy atom. The molecule has 1 N–H and O–H groups in total. The summed E-state index contributed by atoms with van der Waals surface area (Å²) in [6.45, 7) is 2.28. The first-order chi connectivity index (χ1) is 14.7. The van der Waals surface area contributed by atoms with E-state index < -0.39 is 15.9 Å². The van der Waals surface area contributed by atoms with Crippen LogP contribution in [0.1, 0.15) is 22.5 Å². The van der Waals surface area contributed by atoms with Crippen LogP contribution in [0.3, 0.4) is 0 Å². The van der Waals surface area contributed by atoms with Gasteiger partial charge in [0.2, 0.25) is 10.0 Å². The van der Waals surface area contributed by atoms with Crippen molar-refractivity contribution in [1.82, 2.24) is 4.98 Å². The van der Waals surface area contributed by atoms with E-state index >= 15 is 0 Å². The van der Waals surface area contributed by atoms with E-state index in [1.165, 1.54) is 16.4 Å². The minimum Gasteiger partial charge on any atom is -0.322 e. The van der Waals surface area contributed by atoms with E-state index in [2.05, 4.69) is 10.3 Å². The van der Waals surface area contributed by atoms with Gasteiger partial charge in [-0.25, -0.2) is 8.42 Å². The molecule has 4 rings (SSSR count). The lowest BCUT2D eigenvalue weighted by molar-refractivity contribution is 0.102. The molecule has 2 aromatic carbocycles. The van der Waals surface area contributed by atoms with E-state index in [1.54, 1.807) is 30.5 Å². The van der Waals surface area contributed by atoms with Crippen molar-refractivity contribution in [2.24, 2.45) is 0 Å².